The second-order valence-corrected chi connectivity index (χ2v) is 4.23. The van der Waals surface area contributed by atoms with E-state index in [0.717, 1.165) is 17.0 Å². The number of H-pyrrole nitrogens is 1. The van der Waals surface area contributed by atoms with E-state index in [9.17, 15) is 4.79 Å². The first-order valence-electron chi connectivity index (χ1n) is 6.17. The van der Waals surface area contributed by atoms with Gasteiger partial charge in [0.25, 0.3) is 5.91 Å². The van der Waals surface area contributed by atoms with Crippen LogP contribution >= 0.6 is 0 Å². The third-order valence-electron chi connectivity index (χ3n) is 2.91. The molecule has 1 amide bonds. The minimum Gasteiger partial charge on any atom is -0.494 e. The van der Waals surface area contributed by atoms with Crippen LogP contribution in [-0.2, 0) is 0 Å². The Balaban J connectivity index is 2.09. The van der Waals surface area contributed by atoms with E-state index in [4.69, 9.17) is 4.74 Å². The Morgan fingerprint density at radius 3 is 2.53 bits per heavy atom. The van der Waals surface area contributed by atoms with Crippen molar-refractivity contribution in [3.05, 3.63) is 41.1 Å². The number of ether oxygens (including phenoxy) is 1. The number of aryl methyl sites for hydroxylation is 1. The summed E-state index contributed by atoms with van der Waals surface area (Å²) in [6.07, 6.45) is 0. The molecular formula is C14H17N3O2. The summed E-state index contributed by atoms with van der Waals surface area (Å²) in [7, 11) is 0. The fourth-order valence-corrected chi connectivity index (χ4v) is 1.66. The van der Waals surface area contributed by atoms with E-state index in [0.29, 0.717) is 18.0 Å². The molecule has 19 heavy (non-hydrogen) atoms. The zero-order valence-electron chi connectivity index (χ0n) is 11.3. The number of nitrogens with zero attached hydrogens (tertiary/aromatic N) is 1. The SMILES string of the molecule is CCOc1ccc(C(=O)Nc2n[nH]c(C)c2C)cc1. The quantitative estimate of drug-likeness (QED) is 0.887. The lowest BCUT2D eigenvalue weighted by molar-refractivity contribution is 0.102. The summed E-state index contributed by atoms with van der Waals surface area (Å²) in [6, 6.07) is 7.02. The molecule has 2 rings (SSSR count). The number of aromatic nitrogens is 2. The molecule has 1 aromatic carbocycles. The highest BCUT2D eigenvalue weighted by molar-refractivity contribution is 6.04. The lowest BCUT2D eigenvalue weighted by Gasteiger charge is -2.05. The van der Waals surface area contributed by atoms with Crippen molar-refractivity contribution in [2.45, 2.75) is 20.8 Å². The van der Waals surface area contributed by atoms with E-state index < -0.39 is 0 Å². The van der Waals surface area contributed by atoms with Crippen molar-refractivity contribution in [1.29, 1.82) is 0 Å². The second kappa shape index (κ2) is 5.56. The van der Waals surface area contributed by atoms with Crippen LogP contribution in [-0.4, -0.2) is 22.7 Å². The van der Waals surface area contributed by atoms with Gasteiger partial charge in [-0.3, -0.25) is 9.89 Å². The fourth-order valence-electron chi connectivity index (χ4n) is 1.66. The van der Waals surface area contributed by atoms with Gasteiger partial charge in [0.05, 0.1) is 6.61 Å². The number of anilines is 1. The lowest BCUT2D eigenvalue weighted by Crippen LogP contribution is -2.12. The van der Waals surface area contributed by atoms with Crippen LogP contribution in [0, 0.1) is 13.8 Å². The van der Waals surface area contributed by atoms with E-state index in [2.05, 4.69) is 15.5 Å². The van der Waals surface area contributed by atoms with Crippen molar-refractivity contribution < 1.29 is 9.53 Å². The molecule has 0 fully saturated rings. The molecule has 0 saturated heterocycles. The van der Waals surface area contributed by atoms with Gasteiger partial charge < -0.3 is 10.1 Å². The maximum absolute atomic E-state index is 12.0. The molecule has 0 aliphatic heterocycles. The Bertz CT molecular complexity index is 573. The highest BCUT2D eigenvalue weighted by Crippen LogP contribution is 2.16. The van der Waals surface area contributed by atoms with Crippen LogP contribution in [0.5, 0.6) is 5.75 Å². The van der Waals surface area contributed by atoms with Gasteiger partial charge in [-0.25, -0.2) is 0 Å². The summed E-state index contributed by atoms with van der Waals surface area (Å²) in [5.41, 5.74) is 2.46. The van der Waals surface area contributed by atoms with Crippen LogP contribution in [0.4, 0.5) is 5.82 Å². The fraction of sp³-hybridized carbons (Fsp3) is 0.286. The molecule has 2 N–H and O–H groups in total. The zero-order chi connectivity index (χ0) is 13.8. The van der Waals surface area contributed by atoms with Gasteiger partial charge in [0.15, 0.2) is 5.82 Å². The summed E-state index contributed by atoms with van der Waals surface area (Å²) < 4.78 is 5.33. The lowest BCUT2D eigenvalue weighted by atomic mass is 10.2. The number of amides is 1. The van der Waals surface area contributed by atoms with Crippen molar-refractivity contribution in [2.75, 3.05) is 11.9 Å². The summed E-state index contributed by atoms with van der Waals surface area (Å²) in [4.78, 5) is 12.0. The Morgan fingerprint density at radius 2 is 2.00 bits per heavy atom. The zero-order valence-corrected chi connectivity index (χ0v) is 11.3. The number of aromatic amines is 1. The first-order chi connectivity index (χ1) is 9.11. The first kappa shape index (κ1) is 13.1. The number of carbonyl (C=O) groups excluding carboxylic acids is 1. The summed E-state index contributed by atoms with van der Waals surface area (Å²) in [5.74, 6) is 1.14. The van der Waals surface area contributed by atoms with Crippen LogP contribution < -0.4 is 10.1 Å². The van der Waals surface area contributed by atoms with Crippen molar-refractivity contribution in [3.8, 4) is 5.75 Å². The molecular weight excluding hydrogens is 242 g/mol. The summed E-state index contributed by atoms with van der Waals surface area (Å²) in [5, 5.41) is 9.66. The molecule has 0 bridgehead atoms. The smallest absolute Gasteiger partial charge is 0.256 e. The average molecular weight is 259 g/mol. The molecule has 0 unspecified atom stereocenters. The summed E-state index contributed by atoms with van der Waals surface area (Å²) in [6.45, 7) is 6.35. The molecule has 5 heteroatoms. The maximum Gasteiger partial charge on any atom is 0.256 e. The Labute approximate surface area is 112 Å². The third kappa shape index (κ3) is 2.93. The molecule has 0 atom stereocenters. The Hall–Kier alpha value is -2.30. The maximum atomic E-state index is 12.0. The van der Waals surface area contributed by atoms with Crippen LogP contribution in [0.2, 0.25) is 0 Å². The standard InChI is InChI=1S/C14H17N3O2/c1-4-19-12-7-5-11(6-8-12)14(18)15-13-9(2)10(3)16-17-13/h5-8H,4H2,1-3H3,(H2,15,16,17,18). The average Bonchev–Trinajstić information content (AvgIpc) is 2.72. The van der Waals surface area contributed by atoms with E-state index in [1.54, 1.807) is 24.3 Å². The van der Waals surface area contributed by atoms with Gasteiger partial charge in [-0.2, -0.15) is 5.10 Å². The monoisotopic (exact) mass is 259 g/mol. The van der Waals surface area contributed by atoms with Gasteiger partial charge in [0.2, 0.25) is 0 Å². The number of rotatable bonds is 4. The van der Waals surface area contributed by atoms with Crippen LogP contribution in [0.3, 0.4) is 0 Å². The van der Waals surface area contributed by atoms with Gasteiger partial charge in [-0.05, 0) is 45.0 Å². The highest BCUT2D eigenvalue weighted by atomic mass is 16.5. The molecule has 1 aromatic heterocycles. The number of benzene rings is 1. The molecule has 100 valence electrons. The second-order valence-electron chi connectivity index (χ2n) is 4.23. The van der Waals surface area contributed by atoms with Gasteiger partial charge in [-0.15, -0.1) is 0 Å². The van der Waals surface area contributed by atoms with Gasteiger partial charge in [-0.1, -0.05) is 0 Å². The minimum absolute atomic E-state index is 0.183. The van der Waals surface area contributed by atoms with Gasteiger partial charge in [0, 0.05) is 16.8 Å². The molecule has 5 nitrogen and oxygen atoms in total. The predicted molar refractivity (Wildman–Crippen MR) is 73.6 cm³/mol. The highest BCUT2D eigenvalue weighted by Gasteiger charge is 2.11. The topological polar surface area (TPSA) is 67.0 Å². The van der Waals surface area contributed by atoms with E-state index >= 15 is 0 Å². The minimum atomic E-state index is -0.183. The Morgan fingerprint density at radius 1 is 1.32 bits per heavy atom. The number of carbonyl (C=O) groups is 1. The van der Waals surface area contributed by atoms with Crippen molar-refractivity contribution in [3.63, 3.8) is 0 Å². The van der Waals surface area contributed by atoms with Crippen molar-refractivity contribution >= 4 is 11.7 Å². The first-order valence-corrected chi connectivity index (χ1v) is 6.17. The largest absolute Gasteiger partial charge is 0.494 e. The van der Waals surface area contributed by atoms with E-state index in [1.165, 1.54) is 0 Å². The molecule has 0 aliphatic rings. The van der Waals surface area contributed by atoms with E-state index in [-0.39, 0.29) is 5.91 Å². The predicted octanol–water partition coefficient (Wildman–Crippen LogP) is 2.68. The van der Waals surface area contributed by atoms with Crippen molar-refractivity contribution in [2.24, 2.45) is 0 Å². The van der Waals surface area contributed by atoms with Crippen LogP contribution in [0.1, 0.15) is 28.5 Å². The Kier molecular flexibility index (Phi) is 3.85. The van der Waals surface area contributed by atoms with Crippen LogP contribution in [0.15, 0.2) is 24.3 Å². The molecule has 2 aromatic rings. The molecule has 0 aliphatic carbocycles. The molecule has 1 heterocycles. The number of hydrogen-bond donors (Lipinski definition) is 2. The third-order valence-corrected chi connectivity index (χ3v) is 2.91. The van der Waals surface area contributed by atoms with Gasteiger partial charge in [0.1, 0.15) is 5.75 Å². The number of hydrogen-bond acceptors (Lipinski definition) is 3. The molecule has 0 saturated carbocycles. The molecule has 0 radical (unpaired) electrons. The number of nitrogens with one attached hydrogen (secondary N) is 2. The van der Waals surface area contributed by atoms with E-state index in [1.807, 2.05) is 20.8 Å². The molecule has 0 spiro atoms. The van der Waals surface area contributed by atoms with Gasteiger partial charge >= 0.3 is 0 Å². The van der Waals surface area contributed by atoms with Crippen LogP contribution in [0.25, 0.3) is 0 Å². The summed E-state index contributed by atoms with van der Waals surface area (Å²) >= 11 is 0. The van der Waals surface area contributed by atoms with Crippen molar-refractivity contribution in [1.82, 2.24) is 10.2 Å². The normalized spacial score (nSPS) is 10.3.